The van der Waals surface area contributed by atoms with E-state index in [1.54, 1.807) is 11.3 Å². The van der Waals surface area contributed by atoms with E-state index in [9.17, 15) is 4.79 Å². The van der Waals surface area contributed by atoms with Gasteiger partial charge in [0.1, 0.15) is 6.54 Å². The fourth-order valence-electron chi connectivity index (χ4n) is 2.65. The molecule has 1 heterocycles. The second kappa shape index (κ2) is 10.2. The van der Waals surface area contributed by atoms with Crippen molar-refractivity contribution in [1.29, 1.82) is 5.26 Å². The van der Waals surface area contributed by atoms with Crippen LogP contribution in [-0.2, 0) is 4.79 Å². The number of nitriles is 1. The molecule has 2 N–H and O–H groups in total. The average molecular weight is 499 g/mol. The minimum Gasteiger partial charge on any atom is -0.342 e. The van der Waals surface area contributed by atoms with Gasteiger partial charge in [0.15, 0.2) is 0 Å². The Hall–Kier alpha value is -1.20. The first kappa shape index (κ1) is 21.1. The van der Waals surface area contributed by atoms with E-state index < -0.39 is 0 Å². The third-order valence-electron chi connectivity index (χ3n) is 3.81. The lowest BCUT2D eigenvalue weighted by atomic mass is 9.99. The zero-order valence-electron chi connectivity index (χ0n) is 14.6. The van der Waals surface area contributed by atoms with Crippen molar-refractivity contribution in [3.8, 4) is 6.07 Å². The standard InChI is InChI=1S/C19H21Br2N3OS/c1-12(2)9-16(19(25)23-8-7-22)24-18(17-10-15(21)11-26-17)13-3-5-14(20)6-4-13/h3-6,10-12,16,18,24H,8-9H2,1-2H3,(H,23,25)/t16-,18-/m0/s1. The van der Waals surface area contributed by atoms with Crippen LogP contribution in [0.15, 0.2) is 44.7 Å². The topological polar surface area (TPSA) is 64.9 Å². The van der Waals surface area contributed by atoms with Crippen molar-refractivity contribution in [2.45, 2.75) is 32.4 Å². The Morgan fingerprint density at radius 2 is 1.92 bits per heavy atom. The predicted octanol–water partition coefficient (Wildman–Crippen LogP) is 5.01. The Bertz CT molecular complexity index is 768. The van der Waals surface area contributed by atoms with E-state index >= 15 is 0 Å². The fraction of sp³-hybridized carbons (Fsp3) is 0.368. The molecule has 4 nitrogen and oxygen atoms in total. The molecule has 0 aliphatic rings. The third kappa shape index (κ3) is 6.20. The summed E-state index contributed by atoms with van der Waals surface area (Å²) in [7, 11) is 0. The molecule has 0 fully saturated rings. The number of benzene rings is 1. The molecule has 1 amide bonds. The molecule has 2 rings (SSSR count). The quantitative estimate of drug-likeness (QED) is 0.503. The van der Waals surface area contributed by atoms with Gasteiger partial charge in [0.05, 0.1) is 18.2 Å². The maximum atomic E-state index is 12.6. The minimum atomic E-state index is -0.377. The normalized spacial score (nSPS) is 13.2. The number of amides is 1. The molecule has 138 valence electrons. The number of hydrogen-bond donors (Lipinski definition) is 2. The zero-order valence-corrected chi connectivity index (χ0v) is 18.6. The molecule has 0 radical (unpaired) electrons. The van der Waals surface area contributed by atoms with E-state index in [0.29, 0.717) is 12.3 Å². The first-order chi connectivity index (χ1) is 12.4. The summed E-state index contributed by atoms with van der Waals surface area (Å²) in [5, 5.41) is 17.0. The van der Waals surface area contributed by atoms with Crippen LogP contribution in [0.3, 0.4) is 0 Å². The molecule has 0 saturated heterocycles. The number of rotatable bonds is 8. The molecule has 1 aromatic heterocycles. The van der Waals surface area contributed by atoms with Crippen LogP contribution in [0, 0.1) is 17.2 Å². The lowest BCUT2D eigenvalue weighted by molar-refractivity contribution is -0.123. The van der Waals surface area contributed by atoms with Gasteiger partial charge in [-0.25, -0.2) is 0 Å². The highest BCUT2D eigenvalue weighted by Gasteiger charge is 2.25. The smallest absolute Gasteiger partial charge is 0.237 e. The molecule has 7 heteroatoms. The maximum absolute atomic E-state index is 12.6. The van der Waals surface area contributed by atoms with Gasteiger partial charge in [-0.1, -0.05) is 41.9 Å². The lowest BCUT2D eigenvalue weighted by Crippen LogP contribution is -2.46. The molecule has 1 aromatic carbocycles. The number of halogens is 2. The number of carbonyl (C=O) groups excluding carboxylic acids is 1. The molecule has 0 aliphatic carbocycles. The van der Waals surface area contributed by atoms with E-state index in [0.717, 1.165) is 19.4 Å². The number of hydrogen-bond acceptors (Lipinski definition) is 4. The molecule has 2 atom stereocenters. The van der Waals surface area contributed by atoms with E-state index in [2.05, 4.69) is 74.5 Å². The molecule has 2 aromatic rings. The molecular formula is C19H21Br2N3OS. The summed E-state index contributed by atoms with van der Waals surface area (Å²) < 4.78 is 2.04. The van der Waals surface area contributed by atoms with Gasteiger partial charge in [-0.3, -0.25) is 10.1 Å². The monoisotopic (exact) mass is 497 g/mol. The van der Waals surface area contributed by atoms with Gasteiger partial charge in [0.2, 0.25) is 5.91 Å². The zero-order chi connectivity index (χ0) is 19.1. The molecule has 26 heavy (non-hydrogen) atoms. The summed E-state index contributed by atoms with van der Waals surface area (Å²) in [5.74, 6) is 0.207. The van der Waals surface area contributed by atoms with Crippen molar-refractivity contribution in [3.05, 3.63) is 55.1 Å². The SMILES string of the molecule is CC(C)C[C@H](N[C@@H](c1ccc(Br)cc1)c1cc(Br)cs1)C(=O)NCC#N. The summed E-state index contributed by atoms with van der Waals surface area (Å²) >= 11 is 8.63. The van der Waals surface area contributed by atoms with Crippen LogP contribution in [0.1, 0.15) is 36.8 Å². The van der Waals surface area contributed by atoms with Crippen LogP contribution in [0.2, 0.25) is 0 Å². The van der Waals surface area contributed by atoms with Gasteiger partial charge in [-0.15, -0.1) is 11.3 Å². The van der Waals surface area contributed by atoms with Crippen LogP contribution in [-0.4, -0.2) is 18.5 Å². The summed E-state index contributed by atoms with van der Waals surface area (Å²) in [6.45, 7) is 4.19. The van der Waals surface area contributed by atoms with Crippen molar-refractivity contribution in [2.24, 2.45) is 5.92 Å². The lowest BCUT2D eigenvalue weighted by Gasteiger charge is -2.26. The van der Waals surface area contributed by atoms with Crippen LogP contribution in [0.4, 0.5) is 0 Å². The number of nitrogens with zero attached hydrogens (tertiary/aromatic N) is 1. The summed E-state index contributed by atoms with van der Waals surface area (Å²) in [5.41, 5.74) is 1.09. The number of thiophene rings is 1. The number of nitrogens with one attached hydrogen (secondary N) is 2. The van der Waals surface area contributed by atoms with Crippen molar-refractivity contribution in [2.75, 3.05) is 6.54 Å². The van der Waals surface area contributed by atoms with Gasteiger partial charge >= 0.3 is 0 Å². The third-order valence-corrected chi connectivity index (χ3v) is 6.10. The van der Waals surface area contributed by atoms with E-state index in [-0.39, 0.29) is 24.5 Å². The van der Waals surface area contributed by atoms with Gasteiger partial charge in [-0.05, 0) is 52.0 Å². The van der Waals surface area contributed by atoms with Gasteiger partial charge in [0, 0.05) is 19.2 Å². The summed E-state index contributed by atoms with van der Waals surface area (Å²) in [6, 6.07) is 11.7. The molecule has 0 bridgehead atoms. The van der Waals surface area contributed by atoms with Crippen LogP contribution < -0.4 is 10.6 Å². The molecule has 0 saturated carbocycles. The average Bonchev–Trinajstić information content (AvgIpc) is 3.03. The van der Waals surface area contributed by atoms with Crippen molar-refractivity contribution in [3.63, 3.8) is 0 Å². The van der Waals surface area contributed by atoms with Crippen molar-refractivity contribution in [1.82, 2.24) is 10.6 Å². The Kier molecular flexibility index (Phi) is 8.29. The van der Waals surface area contributed by atoms with E-state index in [4.69, 9.17) is 5.26 Å². The second-order valence-electron chi connectivity index (χ2n) is 6.38. The van der Waals surface area contributed by atoms with E-state index in [1.165, 1.54) is 0 Å². The summed E-state index contributed by atoms with van der Waals surface area (Å²) in [6.07, 6.45) is 0.691. The van der Waals surface area contributed by atoms with Crippen LogP contribution >= 0.6 is 43.2 Å². The Balaban J connectivity index is 2.31. The Morgan fingerprint density at radius 1 is 1.23 bits per heavy atom. The second-order valence-corrected chi connectivity index (χ2v) is 9.15. The molecule has 0 unspecified atom stereocenters. The summed E-state index contributed by atoms with van der Waals surface area (Å²) in [4.78, 5) is 13.7. The van der Waals surface area contributed by atoms with Crippen LogP contribution in [0.5, 0.6) is 0 Å². The van der Waals surface area contributed by atoms with Crippen molar-refractivity contribution < 1.29 is 4.79 Å². The largest absolute Gasteiger partial charge is 0.342 e. The van der Waals surface area contributed by atoms with Gasteiger partial charge in [-0.2, -0.15) is 5.26 Å². The molecule has 0 aliphatic heterocycles. The minimum absolute atomic E-state index is 0.0165. The number of carbonyl (C=O) groups is 1. The predicted molar refractivity (Wildman–Crippen MR) is 113 cm³/mol. The highest BCUT2D eigenvalue weighted by atomic mass is 79.9. The Morgan fingerprint density at radius 3 is 2.46 bits per heavy atom. The molecule has 0 spiro atoms. The fourth-order valence-corrected chi connectivity index (χ4v) is 4.45. The highest BCUT2D eigenvalue weighted by Crippen LogP contribution is 2.31. The first-order valence-electron chi connectivity index (χ1n) is 8.30. The van der Waals surface area contributed by atoms with Gasteiger partial charge < -0.3 is 5.32 Å². The Labute approximate surface area is 175 Å². The highest BCUT2D eigenvalue weighted by molar-refractivity contribution is 9.10. The first-order valence-corrected chi connectivity index (χ1v) is 10.8. The van der Waals surface area contributed by atoms with Gasteiger partial charge in [0.25, 0.3) is 0 Å². The maximum Gasteiger partial charge on any atom is 0.237 e. The van der Waals surface area contributed by atoms with E-state index in [1.807, 2.05) is 23.6 Å². The molecular weight excluding hydrogens is 478 g/mol. The van der Waals surface area contributed by atoms with Crippen LogP contribution in [0.25, 0.3) is 0 Å². The van der Waals surface area contributed by atoms with Crippen molar-refractivity contribution >= 4 is 49.1 Å².